The molecule has 4 heteroatoms. The summed E-state index contributed by atoms with van der Waals surface area (Å²) in [6, 6.07) is 48.5. The highest BCUT2D eigenvalue weighted by molar-refractivity contribution is 7.99. The fourth-order valence-electron chi connectivity index (χ4n) is 8.72. The minimum Gasteiger partial charge on any atom is -0.372 e. The second-order valence-corrected chi connectivity index (χ2v) is 15.3. The van der Waals surface area contributed by atoms with E-state index in [1.165, 1.54) is 120 Å². The first-order valence-electron chi connectivity index (χ1n) is 18.5. The minimum atomic E-state index is 1.12. The van der Waals surface area contributed by atoms with Crippen LogP contribution in [0, 0.1) is 0 Å². The molecule has 0 atom stereocenters. The summed E-state index contributed by atoms with van der Waals surface area (Å²) in [5.41, 5.74) is 9.07. The van der Waals surface area contributed by atoms with E-state index in [0.29, 0.717) is 0 Å². The summed E-state index contributed by atoms with van der Waals surface area (Å²) >= 11 is 1.88. The van der Waals surface area contributed by atoms with Gasteiger partial charge in [-0.15, -0.1) is 0 Å². The summed E-state index contributed by atoms with van der Waals surface area (Å²) in [6.07, 6.45) is 7.69. The molecule has 246 valence electrons. The van der Waals surface area contributed by atoms with Crippen LogP contribution < -0.4 is 14.7 Å². The molecule has 0 saturated carbocycles. The number of anilines is 5. The van der Waals surface area contributed by atoms with Gasteiger partial charge >= 0.3 is 0 Å². The zero-order valence-corrected chi connectivity index (χ0v) is 29.3. The van der Waals surface area contributed by atoms with Gasteiger partial charge in [-0.2, -0.15) is 0 Å². The van der Waals surface area contributed by atoms with Gasteiger partial charge in [0.2, 0.25) is 0 Å². The largest absolute Gasteiger partial charge is 0.372 e. The molecule has 0 unspecified atom stereocenters. The average molecular weight is 668 g/mol. The minimum absolute atomic E-state index is 1.12. The second-order valence-electron chi connectivity index (χ2n) is 14.2. The van der Waals surface area contributed by atoms with E-state index in [9.17, 15) is 0 Å². The number of nitrogens with zero attached hydrogens (tertiary/aromatic N) is 3. The molecule has 7 aromatic carbocycles. The van der Waals surface area contributed by atoms with Crippen LogP contribution in [0.15, 0.2) is 137 Å². The standard InChI is InChI=1S/C46H41N3S/c1-9-25-47(26-10-1)35-22-24-38-39(30-35)45(34-20-19-32-13-3-4-14-33(32)29-34)37-23-21-36(48-27-11-2-12-28-48)31-40(37)46(38)49-41-15-5-7-17-43(41)50-44-18-8-6-16-42(44)49/h3-8,13-24,29-31H,1-2,9-12,25-28H2. The predicted octanol–water partition coefficient (Wildman–Crippen LogP) is 12.7. The Labute approximate surface area is 299 Å². The van der Waals surface area contributed by atoms with Crippen molar-refractivity contribution in [2.75, 3.05) is 40.9 Å². The quantitative estimate of drug-likeness (QED) is 0.173. The van der Waals surface area contributed by atoms with Crippen LogP contribution in [0.1, 0.15) is 38.5 Å². The molecular weight excluding hydrogens is 627 g/mol. The van der Waals surface area contributed by atoms with Gasteiger partial charge in [-0.05, 0) is 126 Å². The Bertz CT molecular complexity index is 2360. The Morgan fingerprint density at radius 3 is 1.64 bits per heavy atom. The van der Waals surface area contributed by atoms with Crippen molar-refractivity contribution in [3.8, 4) is 11.1 Å². The zero-order valence-electron chi connectivity index (χ0n) is 28.4. The molecule has 0 bridgehead atoms. The summed E-state index contributed by atoms with van der Waals surface area (Å²) in [5, 5.41) is 7.81. The Balaban J connectivity index is 1.33. The molecule has 0 aromatic heterocycles. The molecule has 0 aliphatic carbocycles. The highest BCUT2D eigenvalue weighted by atomic mass is 32.2. The molecular formula is C46H41N3S. The van der Waals surface area contributed by atoms with Gasteiger partial charge < -0.3 is 14.7 Å². The molecule has 3 aliphatic rings. The SMILES string of the molecule is c1ccc2c(c1)Sc1ccccc1N2c1c2ccc(N3CCCCC3)cc2c(-c2ccc3ccccc3c2)c2ccc(N3CCCCC3)cc12. The molecule has 50 heavy (non-hydrogen) atoms. The van der Waals surface area contributed by atoms with Crippen molar-refractivity contribution >= 4 is 72.5 Å². The van der Waals surface area contributed by atoms with Crippen LogP contribution in [0.3, 0.4) is 0 Å². The first-order valence-corrected chi connectivity index (χ1v) is 19.3. The number of hydrogen-bond acceptors (Lipinski definition) is 4. The van der Waals surface area contributed by atoms with E-state index in [0.717, 1.165) is 26.2 Å². The van der Waals surface area contributed by atoms with E-state index in [2.05, 4.69) is 142 Å². The summed E-state index contributed by atoms with van der Waals surface area (Å²) in [4.78, 5) is 10.4. The topological polar surface area (TPSA) is 9.72 Å². The maximum Gasteiger partial charge on any atom is 0.0620 e. The molecule has 7 aromatic rings. The Kier molecular flexibility index (Phi) is 7.45. The maximum absolute atomic E-state index is 2.61. The number of benzene rings is 7. The average Bonchev–Trinajstić information content (AvgIpc) is 3.19. The molecule has 0 amide bonds. The molecule has 3 nitrogen and oxygen atoms in total. The summed E-state index contributed by atoms with van der Waals surface area (Å²) in [6.45, 7) is 4.50. The van der Waals surface area contributed by atoms with Gasteiger partial charge in [0.1, 0.15) is 0 Å². The number of rotatable bonds is 4. The number of hydrogen-bond donors (Lipinski definition) is 0. The third kappa shape index (κ3) is 5.03. The Morgan fingerprint density at radius 2 is 0.980 bits per heavy atom. The Hall–Kier alpha value is -4.93. The van der Waals surface area contributed by atoms with Crippen LogP contribution in [0.5, 0.6) is 0 Å². The second kappa shape index (κ2) is 12.4. The van der Waals surface area contributed by atoms with Crippen molar-refractivity contribution in [1.82, 2.24) is 0 Å². The lowest BCUT2D eigenvalue weighted by Gasteiger charge is -2.36. The van der Waals surface area contributed by atoms with Crippen molar-refractivity contribution in [3.05, 3.63) is 127 Å². The van der Waals surface area contributed by atoms with Gasteiger partial charge in [0.15, 0.2) is 0 Å². The van der Waals surface area contributed by atoms with Gasteiger partial charge in [-0.1, -0.05) is 84.6 Å². The number of piperidine rings is 2. The van der Waals surface area contributed by atoms with Crippen molar-refractivity contribution in [2.45, 2.75) is 48.3 Å². The lowest BCUT2D eigenvalue weighted by Crippen LogP contribution is -2.29. The third-order valence-corrected chi connectivity index (χ3v) is 12.3. The monoisotopic (exact) mass is 667 g/mol. The fourth-order valence-corrected chi connectivity index (χ4v) is 9.78. The highest BCUT2D eigenvalue weighted by Crippen LogP contribution is 2.56. The van der Waals surface area contributed by atoms with Crippen molar-refractivity contribution in [2.24, 2.45) is 0 Å². The van der Waals surface area contributed by atoms with E-state index in [-0.39, 0.29) is 0 Å². The highest BCUT2D eigenvalue weighted by Gasteiger charge is 2.29. The van der Waals surface area contributed by atoms with Gasteiger partial charge in [0.05, 0.1) is 17.1 Å². The zero-order chi connectivity index (χ0) is 33.0. The van der Waals surface area contributed by atoms with Crippen LogP contribution in [0.2, 0.25) is 0 Å². The van der Waals surface area contributed by atoms with Crippen LogP contribution >= 0.6 is 11.8 Å². The third-order valence-electron chi connectivity index (χ3n) is 11.2. The van der Waals surface area contributed by atoms with Crippen LogP contribution in [-0.2, 0) is 0 Å². The maximum atomic E-state index is 2.61. The fraction of sp³-hybridized carbons (Fsp3) is 0.217. The van der Waals surface area contributed by atoms with E-state index in [1.807, 2.05) is 11.8 Å². The molecule has 2 saturated heterocycles. The lowest BCUT2D eigenvalue weighted by atomic mass is 9.88. The first-order chi connectivity index (χ1) is 24.8. The molecule has 0 radical (unpaired) electrons. The van der Waals surface area contributed by atoms with Crippen LogP contribution in [0.4, 0.5) is 28.4 Å². The van der Waals surface area contributed by atoms with E-state index in [1.54, 1.807) is 0 Å². The predicted molar refractivity (Wildman–Crippen MR) is 215 cm³/mol. The molecule has 2 fully saturated rings. The molecule has 10 rings (SSSR count). The van der Waals surface area contributed by atoms with Gasteiger partial charge in [0.25, 0.3) is 0 Å². The van der Waals surface area contributed by atoms with E-state index >= 15 is 0 Å². The van der Waals surface area contributed by atoms with E-state index < -0.39 is 0 Å². The Morgan fingerprint density at radius 1 is 0.420 bits per heavy atom. The van der Waals surface area contributed by atoms with Gasteiger partial charge in [-0.3, -0.25) is 0 Å². The van der Waals surface area contributed by atoms with E-state index in [4.69, 9.17) is 0 Å². The molecule has 3 heterocycles. The summed E-state index contributed by atoms with van der Waals surface area (Å²) in [7, 11) is 0. The molecule has 0 spiro atoms. The van der Waals surface area contributed by atoms with Crippen LogP contribution in [0.25, 0.3) is 43.4 Å². The van der Waals surface area contributed by atoms with Gasteiger partial charge in [0, 0.05) is 58.1 Å². The molecule has 3 aliphatic heterocycles. The summed E-state index contributed by atoms with van der Waals surface area (Å²) in [5.74, 6) is 0. The van der Waals surface area contributed by atoms with Crippen molar-refractivity contribution in [3.63, 3.8) is 0 Å². The first kappa shape index (κ1) is 29.9. The number of fused-ring (bicyclic) bond motifs is 5. The number of para-hydroxylation sites is 2. The smallest absolute Gasteiger partial charge is 0.0620 e. The van der Waals surface area contributed by atoms with Crippen molar-refractivity contribution in [1.29, 1.82) is 0 Å². The van der Waals surface area contributed by atoms with Gasteiger partial charge in [-0.25, -0.2) is 0 Å². The van der Waals surface area contributed by atoms with Crippen molar-refractivity contribution < 1.29 is 0 Å². The summed E-state index contributed by atoms with van der Waals surface area (Å²) < 4.78 is 0. The lowest BCUT2D eigenvalue weighted by molar-refractivity contribution is 0.578. The van der Waals surface area contributed by atoms with Crippen LogP contribution in [-0.4, -0.2) is 26.2 Å². The molecule has 0 N–H and O–H groups in total. The normalized spacial score (nSPS) is 16.2.